The van der Waals surface area contributed by atoms with Crippen molar-refractivity contribution in [2.24, 2.45) is 0 Å². The van der Waals surface area contributed by atoms with Gasteiger partial charge in [-0.3, -0.25) is 0 Å². The fourth-order valence-electron chi connectivity index (χ4n) is 1.85. The molecule has 0 aliphatic carbocycles. The lowest BCUT2D eigenvalue weighted by molar-refractivity contribution is 0.271. The molecular weight excluding hydrogens is 244 g/mol. The van der Waals surface area contributed by atoms with E-state index in [-0.39, 0.29) is 6.61 Å². The Labute approximate surface area is 111 Å². The quantitative estimate of drug-likeness (QED) is 0.910. The largest absolute Gasteiger partial charge is 0.497 e. The summed E-state index contributed by atoms with van der Waals surface area (Å²) in [6.07, 6.45) is 0. The maximum absolute atomic E-state index is 9.17. The highest BCUT2D eigenvalue weighted by atomic mass is 16.5. The van der Waals surface area contributed by atoms with E-state index in [1.165, 1.54) is 0 Å². The Morgan fingerprint density at radius 3 is 2.53 bits per heavy atom. The first-order valence-corrected chi connectivity index (χ1v) is 5.85. The number of nitrogens with zero attached hydrogens (tertiary/aromatic N) is 2. The summed E-state index contributed by atoms with van der Waals surface area (Å²) in [5.74, 6) is 1.78. The Hall–Kier alpha value is -2.14. The maximum Gasteiger partial charge on any atom is 0.154 e. The molecule has 1 heterocycles. The van der Waals surface area contributed by atoms with E-state index in [0.717, 1.165) is 17.0 Å². The van der Waals surface area contributed by atoms with Crippen LogP contribution in [0.4, 0.5) is 0 Å². The van der Waals surface area contributed by atoms with Crippen molar-refractivity contribution in [2.75, 3.05) is 14.2 Å². The van der Waals surface area contributed by atoms with Gasteiger partial charge in [0.25, 0.3) is 0 Å². The molecule has 5 nitrogen and oxygen atoms in total. The molecule has 1 aromatic heterocycles. The molecule has 19 heavy (non-hydrogen) atoms. The molecule has 0 amide bonds. The minimum Gasteiger partial charge on any atom is -0.497 e. The third-order valence-electron chi connectivity index (χ3n) is 2.73. The van der Waals surface area contributed by atoms with Crippen LogP contribution in [0.3, 0.4) is 0 Å². The summed E-state index contributed by atoms with van der Waals surface area (Å²) in [5, 5.41) is 9.17. The van der Waals surface area contributed by atoms with Gasteiger partial charge in [-0.05, 0) is 25.1 Å². The number of benzene rings is 1. The lowest BCUT2D eigenvalue weighted by atomic mass is 10.1. The first kappa shape index (κ1) is 13.3. The molecule has 1 N–H and O–H groups in total. The molecule has 5 heteroatoms. The Bertz CT molecular complexity index is 585. The minimum absolute atomic E-state index is 0.187. The number of ether oxygens (including phenoxy) is 2. The van der Waals surface area contributed by atoms with E-state index in [1.807, 2.05) is 25.1 Å². The molecule has 0 spiro atoms. The molecule has 0 atom stereocenters. The third-order valence-corrected chi connectivity index (χ3v) is 2.73. The Morgan fingerprint density at radius 2 is 1.89 bits per heavy atom. The molecule has 0 unspecified atom stereocenters. The van der Waals surface area contributed by atoms with Crippen LogP contribution in [0.15, 0.2) is 24.3 Å². The second-order valence-electron chi connectivity index (χ2n) is 4.04. The molecule has 0 saturated heterocycles. The summed E-state index contributed by atoms with van der Waals surface area (Å²) < 4.78 is 10.5. The predicted octanol–water partition coefficient (Wildman–Crippen LogP) is 1.96. The van der Waals surface area contributed by atoms with Gasteiger partial charge in [0.15, 0.2) is 5.82 Å². The van der Waals surface area contributed by atoms with Crippen LogP contribution in [0.5, 0.6) is 11.5 Å². The lowest BCUT2D eigenvalue weighted by Gasteiger charge is -2.11. The van der Waals surface area contributed by atoms with E-state index in [4.69, 9.17) is 14.6 Å². The van der Waals surface area contributed by atoms with Crippen LogP contribution in [-0.2, 0) is 6.61 Å². The normalized spacial score (nSPS) is 10.3. The van der Waals surface area contributed by atoms with Crippen molar-refractivity contribution in [1.82, 2.24) is 9.97 Å². The average molecular weight is 260 g/mol. The second-order valence-corrected chi connectivity index (χ2v) is 4.04. The highest BCUT2D eigenvalue weighted by Crippen LogP contribution is 2.32. The summed E-state index contributed by atoms with van der Waals surface area (Å²) in [7, 11) is 3.20. The van der Waals surface area contributed by atoms with Gasteiger partial charge in [-0.25, -0.2) is 9.97 Å². The molecule has 0 bridgehead atoms. The van der Waals surface area contributed by atoms with E-state index in [9.17, 15) is 0 Å². The van der Waals surface area contributed by atoms with Crippen LogP contribution >= 0.6 is 0 Å². The highest BCUT2D eigenvalue weighted by Gasteiger charge is 2.10. The van der Waals surface area contributed by atoms with E-state index in [2.05, 4.69) is 9.97 Å². The number of rotatable bonds is 4. The van der Waals surface area contributed by atoms with Gasteiger partial charge in [-0.1, -0.05) is 0 Å². The number of methoxy groups -OCH3 is 2. The fraction of sp³-hybridized carbons (Fsp3) is 0.286. The van der Waals surface area contributed by atoms with Crippen molar-refractivity contribution in [3.8, 4) is 22.8 Å². The number of hydrogen-bond acceptors (Lipinski definition) is 5. The predicted molar refractivity (Wildman–Crippen MR) is 71.2 cm³/mol. The van der Waals surface area contributed by atoms with Crippen molar-refractivity contribution in [2.45, 2.75) is 13.5 Å². The molecule has 2 aromatic rings. The minimum atomic E-state index is -0.187. The highest BCUT2D eigenvalue weighted by molar-refractivity contribution is 5.68. The van der Waals surface area contributed by atoms with Crippen LogP contribution < -0.4 is 9.47 Å². The van der Waals surface area contributed by atoms with Gasteiger partial charge in [0, 0.05) is 17.3 Å². The Kier molecular flexibility index (Phi) is 3.97. The zero-order valence-electron chi connectivity index (χ0n) is 11.2. The lowest BCUT2D eigenvalue weighted by Crippen LogP contribution is -2.00. The zero-order valence-corrected chi connectivity index (χ0v) is 11.2. The number of aliphatic hydroxyl groups is 1. The average Bonchev–Trinajstić information content (AvgIpc) is 2.45. The van der Waals surface area contributed by atoms with Crippen LogP contribution in [0.1, 0.15) is 11.5 Å². The first-order valence-electron chi connectivity index (χ1n) is 5.85. The van der Waals surface area contributed by atoms with Crippen molar-refractivity contribution < 1.29 is 14.6 Å². The van der Waals surface area contributed by atoms with Crippen molar-refractivity contribution in [1.29, 1.82) is 0 Å². The van der Waals surface area contributed by atoms with Crippen molar-refractivity contribution >= 4 is 0 Å². The van der Waals surface area contributed by atoms with Gasteiger partial charge in [-0.15, -0.1) is 0 Å². The van der Waals surface area contributed by atoms with Crippen LogP contribution in [0.25, 0.3) is 11.3 Å². The summed E-state index contributed by atoms with van der Waals surface area (Å²) >= 11 is 0. The second kappa shape index (κ2) is 5.67. The van der Waals surface area contributed by atoms with E-state index in [1.54, 1.807) is 20.3 Å². The molecule has 2 rings (SSSR count). The van der Waals surface area contributed by atoms with Gasteiger partial charge in [0.2, 0.25) is 0 Å². The molecule has 0 saturated carbocycles. The molecular formula is C14H16N2O3. The van der Waals surface area contributed by atoms with Crippen molar-refractivity contribution in [3.63, 3.8) is 0 Å². The molecule has 1 aromatic carbocycles. The number of hydrogen-bond donors (Lipinski definition) is 1. The van der Waals surface area contributed by atoms with Crippen molar-refractivity contribution in [3.05, 3.63) is 35.8 Å². The maximum atomic E-state index is 9.17. The van der Waals surface area contributed by atoms with Gasteiger partial charge < -0.3 is 14.6 Å². The first-order chi connectivity index (χ1) is 9.17. The molecule has 100 valence electrons. The Balaban J connectivity index is 2.54. The summed E-state index contributed by atoms with van der Waals surface area (Å²) in [5.41, 5.74) is 2.35. The summed E-state index contributed by atoms with van der Waals surface area (Å²) in [6.45, 7) is 1.67. The SMILES string of the molecule is COc1ccc(-c2cc(C)nc(CO)n2)c(OC)c1. The molecule has 0 fully saturated rings. The molecule has 0 radical (unpaired) electrons. The number of aryl methyl sites for hydroxylation is 1. The van der Waals surface area contributed by atoms with Gasteiger partial charge in [-0.2, -0.15) is 0 Å². The van der Waals surface area contributed by atoms with E-state index in [0.29, 0.717) is 17.3 Å². The molecule has 0 aliphatic rings. The Morgan fingerprint density at radius 1 is 1.11 bits per heavy atom. The summed E-state index contributed by atoms with van der Waals surface area (Å²) in [6, 6.07) is 7.36. The van der Waals surface area contributed by atoms with Gasteiger partial charge >= 0.3 is 0 Å². The van der Waals surface area contributed by atoms with Gasteiger partial charge in [0.05, 0.1) is 19.9 Å². The molecule has 0 aliphatic heterocycles. The monoisotopic (exact) mass is 260 g/mol. The van der Waals surface area contributed by atoms with Crippen LogP contribution in [0, 0.1) is 6.92 Å². The van der Waals surface area contributed by atoms with Crippen LogP contribution in [-0.4, -0.2) is 29.3 Å². The zero-order chi connectivity index (χ0) is 13.8. The fourth-order valence-corrected chi connectivity index (χ4v) is 1.85. The number of aromatic nitrogens is 2. The summed E-state index contributed by atoms with van der Waals surface area (Å²) in [4.78, 5) is 8.44. The van der Waals surface area contributed by atoms with E-state index >= 15 is 0 Å². The van der Waals surface area contributed by atoms with Crippen LogP contribution in [0.2, 0.25) is 0 Å². The standard InChI is InChI=1S/C14H16N2O3/c1-9-6-12(16-14(8-17)15-9)11-5-4-10(18-2)7-13(11)19-3/h4-7,17H,8H2,1-3H3. The third kappa shape index (κ3) is 2.82. The van der Waals surface area contributed by atoms with Gasteiger partial charge in [0.1, 0.15) is 18.1 Å². The number of aliphatic hydroxyl groups excluding tert-OH is 1. The van der Waals surface area contributed by atoms with E-state index < -0.39 is 0 Å². The topological polar surface area (TPSA) is 64.5 Å². The smallest absolute Gasteiger partial charge is 0.154 e.